The summed E-state index contributed by atoms with van der Waals surface area (Å²) in [7, 11) is -1.34. The van der Waals surface area contributed by atoms with Gasteiger partial charge in [0.25, 0.3) is 5.89 Å². The average molecular weight is 483 g/mol. The van der Waals surface area contributed by atoms with Gasteiger partial charge >= 0.3 is 5.97 Å². The summed E-state index contributed by atoms with van der Waals surface area (Å²) in [5.74, 6) is -1.51. The second kappa shape index (κ2) is 8.51. The Morgan fingerprint density at radius 2 is 2.00 bits per heavy atom. The number of imidazole rings is 1. The summed E-state index contributed by atoms with van der Waals surface area (Å²) in [6, 6.07) is 4.15. The molecule has 8 nitrogen and oxygen atoms in total. The third-order valence-corrected chi connectivity index (χ3v) is 6.08. The van der Waals surface area contributed by atoms with Gasteiger partial charge in [0.2, 0.25) is 5.82 Å². The summed E-state index contributed by atoms with van der Waals surface area (Å²) >= 11 is 12.5. The predicted molar refractivity (Wildman–Crippen MR) is 115 cm³/mol. The van der Waals surface area contributed by atoms with E-state index in [1.165, 1.54) is 6.07 Å². The summed E-state index contributed by atoms with van der Waals surface area (Å²) in [4.78, 5) is 29.2. The van der Waals surface area contributed by atoms with Crippen LogP contribution in [-0.4, -0.2) is 42.2 Å². The zero-order valence-corrected chi connectivity index (χ0v) is 18.3. The molecule has 2 N–H and O–H groups in total. The van der Waals surface area contributed by atoms with Gasteiger partial charge in [-0.25, -0.2) is 9.37 Å². The first kappa shape index (κ1) is 21.6. The molecule has 1 atom stereocenters. The number of pyridine rings is 1. The summed E-state index contributed by atoms with van der Waals surface area (Å²) in [6.07, 6.45) is 3.13. The van der Waals surface area contributed by atoms with E-state index in [9.17, 15) is 14.1 Å². The number of carboxylic acids is 1. The smallest absolute Gasteiger partial charge is 0.303 e. The lowest BCUT2D eigenvalue weighted by atomic mass is 10.1. The fourth-order valence-corrected chi connectivity index (χ4v) is 4.16. The number of carbonyl (C=O) groups is 1. The second-order valence-corrected chi connectivity index (χ2v) is 9.05. The molecule has 3 heterocycles. The van der Waals surface area contributed by atoms with E-state index in [2.05, 4.69) is 15.1 Å². The number of carboxylic acid groups (broad SMARTS) is 1. The molecule has 160 valence electrons. The Hall–Kier alpha value is -2.58. The van der Waals surface area contributed by atoms with Crippen LogP contribution in [0.25, 0.3) is 28.6 Å². The topological polar surface area (TPSA) is 114 Å². The van der Waals surface area contributed by atoms with E-state index >= 15 is 0 Å². The SMILES string of the molecule is CP(O)c1cc(Cl)c2nc(-c3nc(-c4cc(F)c(CCC(=O)O)cc4Cl)no3)cn2c1. The fourth-order valence-electron chi connectivity index (χ4n) is 2.95. The highest BCUT2D eigenvalue weighted by molar-refractivity contribution is 7.59. The number of nitrogens with zero attached hydrogens (tertiary/aromatic N) is 4. The lowest BCUT2D eigenvalue weighted by Gasteiger charge is -2.05. The molecule has 0 amide bonds. The highest BCUT2D eigenvalue weighted by atomic mass is 35.5. The molecule has 0 saturated heterocycles. The first-order chi connectivity index (χ1) is 14.7. The Morgan fingerprint density at radius 1 is 1.23 bits per heavy atom. The normalized spacial score (nSPS) is 12.4. The van der Waals surface area contributed by atoms with Crippen molar-refractivity contribution < 1.29 is 23.7 Å². The minimum absolute atomic E-state index is 0.0104. The highest BCUT2D eigenvalue weighted by Gasteiger charge is 2.19. The maximum atomic E-state index is 14.4. The number of aryl methyl sites for hydroxylation is 1. The number of benzene rings is 1. The monoisotopic (exact) mass is 482 g/mol. The molecule has 0 spiro atoms. The van der Waals surface area contributed by atoms with Crippen LogP contribution in [0, 0.1) is 5.82 Å². The van der Waals surface area contributed by atoms with Crippen molar-refractivity contribution in [2.24, 2.45) is 0 Å². The quantitative estimate of drug-likeness (QED) is 0.396. The van der Waals surface area contributed by atoms with Gasteiger partial charge in [-0.05, 0) is 36.8 Å². The molecule has 0 aliphatic carbocycles. The molecule has 3 aromatic heterocycles. The Bertz CT molecular complexity index is 1310. The molecule has 0 aliphatic heterocycles. The van der Waals surface area contributed by atoms with E-state index in [0.29, 0.717) is 21.7 Å². The zero-order chi connectivity index (χ0) is 22.3. The van der Waals surface area contributed by atoms with E-state index in [1.54, 1.807) is 29.5 Å². The zero-order valence-electron chi connectivity index (χ0n) is 15.9. The van der Waals surface area contributed by atoms with Crippen LogP contribution in [-0.2, 0) is 11.2 Å². The molecular weight excluding hydrogens is 469 g/mol. The maximum absolute atomic E-state index is 14.4. The summed E-state index contributed by atoms with van der Waals surface area (Å²) < 4.78 is 21.3. The van der Waals surface area contributed by atoms with Gasteiger partial charge in [-0.15, -0.1) is 0 Å². The van der Waals surface area contributed by atoms with Gasteiger partial charge in [-0.2, -0.15) is 4.98 Å². The van der Waals surface area contributed by atoms with Crippen LogP contribution in [0.3, 0.4) is 0 Å². The molecule has 0 aliphatic rings. The van der Waals surface area contributed by atoms with Gasteiger partial charge in [0.15, 0.2) is 5.65 Å². The third kappa shape index (κ3) is 4.41. The Labute approximate surface area is 186 Å². The molecule has 0 saturated carbocycles. The number of aliphatic carboxylic acids is 1. The summed E-state index contributed by atoms with van der Waals surface area (Å²) in [6.45, 7) is 1.69. The Balaban J connectivity index is 1.68. The van der Waals surface area contributed by atoms with Crippen LogP contribution < -0.4 is 5.30 Å². The largest absolute Gasteiger partial charge is 0.481 e. The van der Waals surface area contributed by atoms with Crippen molar-refractivity contribution in [2.75, 3.05) is 6.66 Å². The minimum atomic E-state index is -1.34. The van der Waals surface area contributed by atoms with Gasteiger partial charge in [-0.3, -0.25) is 4.79 Å². The van der Waals surface area contributed by atoms with Crippen molar-refractivity contribution in [3.63, 3.8) is 0 Å². The van der Waals surface area contributed by atoms with Crippen LogP contribution in [0.2, 0.25) is 10.0 Å². The van der Waals surface area contributed by atoms with Crippen LogP contribution in [0.5, 0.6) is 0 Å². The standard InChI is InChI=1S/C19H14Cl2FN4O4P/c1-31(29)10-5-13(21)18-23-15(8-26(18)7-10)19-24-17(25-30-19)11-6-14(22)9(4-12(11)20)2-3-16(27)28/h4-8,29H,2-3H2,1H3,(H,27,28). The molecule has 0 radical (unpaired) electrons. The van der Waals surface area contributed by atoms with Crippen molar-refractivity contribution >= 4 is 48.3 Å². The number of hydrogen-bond acceptors (Lipinski definition) is 6. The van der Waals surface area contributed by atoms with E-state index < -0.39 is 19.9 Å². The van der Waals surface area contributed by atoms with Crippen molar-refractivity contribution in [1.82, 2.24) is 19.5 Å². The average Bonchev–Trinajstić information content (AvgIpc) is 3.35. The van der Waals surface area contributed by atoms with E-state index in [4.69, 9.17) is 32.8 Å². The second-order valence-electron chi connectivity index (χ2n) is 6.67. The number of fused-ring (bicyclic) bond motifs is 1. The van der Waals surface area contributed by atoms with Crippen LogP contribution in [0.4, 0.5) is 4.39 Å². The van der Waals surface area contributed by atoms with E-state index in [-0.39, 0.29) is 40.7 Å². The van der Waals surface area contributed by atoms with Gasteiger partial charge in [0, 0.05) is 29.7 Å². The number of rotatable bonds is 6. The minimum Gasteiger partial charge on any atom is -0.481 e. The molecule has 1 aromatic carbocycles. The third-order valence-electron chi connectivity index (χ3n) is 4.50. The Morgan fingerprint density at radius 3 is 2.71 bits per heavy atom. The first-order valence-electron chi connectivity index (χ1n) is 8.88. The molecule has 4 rings (SSSR count). The van der Waals surface area contributed by atoms with E-state index in [1.807, 2.05) is 0 Å². The number of aromatic nitrogens is 4. The molecule has 1 unspecified atom stereocenters. The maximum Gasteiger partial charge on any atom is 0.303 e. The van der Waals surface area contributed by atoms with Crippen molar-refractivity contribution in [3.8, 4) is 23.0 Å². The highest BCUT2D eigenvalue weighted by Crippen LogP contribution is 2.32. The molecule has 31 heavy (non-hydrogen) atoms. The van der Waals surface area contributed by atoms with Crippen LogP contribution in [0.1, 0.15) is 12.0 Å². The summed E-state index contributed by atoms with van der Waals surface area (Å²) in [5, 5.41) is 13.8. The molecular formula is C19H14Cl2FN4O4P. The van der Waals surface area contributed by atoms with Crippen LogP contribution in [0.15, 0.2) is 35.1 Å². The Kier molecular flexibility index (Phi) is 5.94. The van der Waals surface area contributed by atoms with Gasteiger partial charge in [0.05, 0.1) is 18.2 Å². The molecule has 4 aromatic rings. The van der Waals surface area contributed by atoms with Crippen molar-refractivity contribution in [1.29, 1.82) is 0 Å². The lowest BCUT2D eigenvalue weighted by Crippen LogP contribution is -2.03. The van der Waals surface area contributed by atoms with Crippen molar-refractivity contribution in [2.45, 2.75) is 12.8 Å². The lowest BCUT2D eigenvalue weighted by molar-refractivity contribution is -0.136. The van der Waals surface area contributed by atoms with Gasteiger partial charge in [0.1, 0.15) is 11.5 Å². The van der Waals surface area contributed by atoms with Crippen LogP contribution >= 0.6 is 31.4 Å². The number of halogens is 3. The van der Waals surface area contributed by atoms with Gasteiger partial charge in [-0.1, -0.05) is 28.4 Å². The fraction of sp³-hybridized carbons (Fsp3) is 0.158. The van der Waals surface area contributed by atoms with Crippen molar-refractivity contribution in [3.05, 3.63) is 52.0 Å². The molecule has 12 heteroatoms. The first-order valence-corrected chi connectivity index (χ1v) is 11.4. The predicted octanol–water partition coefficient (Wildman–Crippen LogP) is 4.16. The molecule has 0 bridgehead atoms. The van der Waals surface area contributed by atoms with Gasteiger partial charge < -0.3 is 18.9 Å². The van der Waals surface area contributed by atoms with E-state index in [0.717, 1.165) is 6.07 Å². The number of hydrogen-bond donors (Lipinski definition) is 2. The summed E-state index contributed by atoms with van der Waals surface area (Å²) in [5.41, 5.74) is 1.18. The molecule has 0 fully saturated rings.